The first-order valence-electron chi connectivity index (χ1n) is 9.21. The lowest BCUT2D eigenvalue weighted by molar-refractivity contribution is 0.250. The molecule has 0 bridgehead atoms. The van der Waals surface area contributed by atoms with Crippen LogP contribution in [-0.4, -0.2) is 25.2 Å². The first-order valence-corrected chi connectivity index (χ1v) is 9.21. The third kappa shape index (κ3) is 5.78. The van der Waals surface area contributed by atoms with Crippen molar-refractivity contribution in [3.8, 4) is 0 Å². The van der Waals surface area contributed by atoms with Crippen molar-refractivity contribution in [3.63, 3.8) is 0 Å². The van der Waals surface area contributed by atoms with Crippen LogP contribution in [-0.2, 0) is 0 Å². The highest BCUT2D eigenvalue weighted by atomic mass is 19.1. The van der Waals surface area contributed by atoms with E-state index < -0.39 is 23.7 Å². The maximum atomic E-state index is 13.9. The lowest BCUT2D eigenvalue weighted by atomic mass is 10.2. The number of nitrogens with one attached hydrogen (secondary N) is 3. The average molecular weight is 410 g/mol. The average Bonchev–Trinajstić information content (AvgIpc) is 2.74. The smallest absolute Gasteiger partial charge is 0.326 e. The molecule has 3 aromatic rings. The van der Waals surface area contributed by atoms with Crippen LogP contribution in [0.2, 0.25) is 0 Å². The number of hydrogen-bond donors (Lipinski definition) is 3. The minimum absolute atomic E-state index is 0.0180. The number of benzene rings is 3. The quantitative estimate of drug-likeness (QED) is 0.545. The minimum atomic E-state index is -0.614. The van der Waals surface area contributed by atoms with E-state index in [0.29, 0.717) is 11.4 Å². The second-order valence-electron chi connectivity index (χ2n) is 6.28. The molecule has 0 aromatic heterocycles. The van der Waals surface area contributed by atoms with Gasteiger partial charge in [0, 0.05) is 24.5 Å². The zero-order valence-electron chi connectivity index (χ0n) is 15.9. The Morgan fingerprint density at radius 3 is 2.17 bits per heavy atom. The molecule has 0 aliphatic rings. The lowest BCUT2D eigenvalue weighted by Gasteiger charge is -2.23. The summed E-state index contributed by atoms with van der Waals surface area (Å²) in [7, 11) is 0. The van der Waals surface area contributed by atoms with Crippen molar-refractivity contribution in [1.82, 2.24) is 5.32 Å². The molecule has 0 unspecified atom stereocenters. The Labute approximate surface area is 172 Å². The number of para-hydroxylation sites is 2. The molecular formula is C22H20F2N4O2. The van der Waals surface area contributed by atoms with E-state index in [-0.39, 0.29) is 18.8 Å². The maximum Gasteiger partial charge on any atom is 0.326 e. The predicted octanol–water partition coefficient (Wildman–Crippen LogP) is 4.83. The summed E-state index contributed by atoms with van der Waals surface area (Å²) in [4.78, 5) is 26.1. The third-order valence-corrected chi connectivity index (χ3v) is 4.15. The summed E-state index contributed by atoms with van der Waals surface area (Å²) in [5, 5.41) is 7.82. The first kappa shape index (κ1) is 20.8. The number of rotatable bonds is 6. The number of hydrogen-bond acceptors (Lipinski definition) is 2. The van der Waals surface area contributed by atoms with E-state index in [2.05, 4.69) is 16.0 Å². The van der Waals surface area contributed by atoms with Gasteiger partial charge in [0.25, 0.3) is 0 Å². The molecule has 0 fully saturated rings. The van der Waals surface area contributed by atoms with E-state index in [1.54, 1.807) is 30.3 Å². The fraction of sp³-hybridized carbons (Fsp3) is 0.0909. The molecule has 3 aromatic carbocycles. The van der Waals surface area contributed by atoms with Gasteiger partial charge in [0.05, 0.1) is 5.69 Å². The Bertz CT molecular complexity index is 998. The van der Waals surface area contributed by atoms with Crippen LogP contribution in [0, 0.1) is 11.6 Å². The van der Waals surface area contributed by atoms with Crippen LogP contribution in [0.25, 0.3) is 0 Å². The summed E-state index contributed by atoms with van der Waals surface area (Å²) in [6.45, 7) is 0.189. The van der Waals surface area contributed by atoms with Gasteiger partial charge in [0.15, 0.2) is 0 Å². The fourth-order valence-corrected chi connectivity index (χ4v) is 2.69. The Balaban J connectivity index is 1.65. The van der Waals surface area contributed by atoms with Crippen LogP contribution in [0.3, 0.4) is 0 Å². The molecule has 8 heteroatoms. The van der Waals surface area contributed by atoms with Gasteiger partial charge in [-0.25, -0.2) is 18.4 Å². The molecule has 0 atom stereocenters. The molecule has 0 aliphatic heterocycles. The van der Waals surface area contributed by atoms with Gasteiger partial charge in [0.2, 0.25) is 0 Å². The number of urea groups is 2. The molecule has 154 valence electrons. The Morgan fingerprint density at radius 2 is 1.47 bits per heavy atom. The molecule has 30 heavy (non-hydrogen) atoms. The van der Waals surface area contributed by atoms with Gasteiger partial charge in [-0.3, -0.25) is 4.90 Å². The molecule has 0 spiro atoms. The fourth-order valence-electron chi connectivity index (χ4n) is 2.69. The normalized spacial score (nSPS) is 10.2. The van der Waals surface area contributed by atoms with Gasteiger partial charge in [-0.2, -0.15) is 0 Å². The molecule has 3 N–H and O–H groups in total. The zero-order valence-corrected chi connectivity index (χ0v) is 15.9. The monoisotopic (exact) mass is 410 g/mol. The van der Waals surface area contributed by atoms with E-state index in [9.17, 15) is 18.4 Å². The highest BCUT2D eigenvalue weighted by molar-refractivity contribution is 6.01. The topological polar surface area (TPSA) is 73.5 Å². The number of halogens is 2. The summed E-state index contributed by atoms with van der Waals surface area (Å²) in [5.74, 6) is -1.03. The molecule has 4 amide bonds. The predicted molar refractivity (Wildman–Crippen MR) is 113 cm³/mol. The molecular weight excluding hydrogens is 390 g/mol. The highest BCUT2D eigenvalue weighted by Gasteiger charge is 2.17. The van der Waals surface area contributed by atoms with Gasteiger partial charge >= 0.3 is 12.1 Å². The van der Waals surface area contributed by atoms with Crippen molar-refractivity contribution in [2.45, 2.75) is 0 Å². The Kier molecular flexibility index (Phi) is 6.94. The summed E-state index contributed by atoms with van der Waals surface area (Å²) in [6.07, 6.45) is 0. The molecule has 0 aliphatic carbocycles. The molecule has 3 rings (SSSR count). The standard InChI is InChI=1S/C22H20F2N4O2/c23-16-10-12-18(13-11-16)28(22(30)27-20-9-5-4-8-19(20)24)15-14-25-21(29)26-17-6-2-1-3-7-17/h1-13H,14-15H2,(H,27,30)(H2,25,26,29). The number of carbonyl (C=O) groups excluding carboxylic acids is 2. The second kappa shape index (κ2) is 10.0. The van der Waals surface area contributed by atoms with E-state index in [4.69, 9.17) is 0 Å². The van der Waals surface area contributed by atoms with Gasteiger partial charge in [-0.15, -0.1) is 0 Å². The van der Waals surface area contributed by atoms with Crippen molar-refractivity contribution >= 4 is 29.1 Å². The second-order valence-corrected chi connectivity index (χ2v) is 6.28. The number of amides is 4. The van der Waals surface area contributed by atoms with E-state index in [1.807, 2.05) is 6.07 Å². The van der Waals surface area contributed by atoms with Crippen LogP contribution in [0.15, 0.2) is 78.9 Å². The van der Waals surface area contributed by atoms with E-state index >= 15 is 0 Å². The molecule has 0 heterocycles. The summed E-state index contributed by atoms with van der Waals surface area (Å²) >= 11 is 0. The molecule has 0 saturated carbocycles. The number of nitrogens with zero attached hydrogens (tertiary/aromatic N) is 1. The third-order valence-electron chi connectivity index (χ3n) is 4.15. The SMILES string of the molecule is O=C(NCCN(C(=O)Nc1ccccc1F)c1ccc(F)cc1)Nc1ccccc1. The molecule has 0 radical (unpaired) electrons. The first-order chi connectivity index (χ1) is 14.5. The van der Waals surface area contributed by atoms with Gasteiger partial charge in [0.1, 0.15) is 11.6 Å². The van der Waals surface area contributed by atoms with Crippen molar-refractivity contribution in [1.29, 1.82) is 0 Å². The van der Waals surface area contributed by atoms with Crippen molar-refractivity contribution in [3.05, 3.63) is 90.5 Å². The van der Waals surface area contributed by atoms with E-state index in [1.165, 1.54) is 47.4 Å². The minimum Gasteiger partial charge on any atom is -0.336 e. The summed E-state index contributed by atoms with van der Waals surface area (Å²) < 4.78 is 27.2. The van der Waals surface area contributed by atoms with Crippen molar-refractivity contribution in [2.75, 3.05) is 28.6 Å². The summed E-state index contributed by atoms with van der Waals surface area (Å²) in [5.41, 5.74) is 1.04. The van der Waals surface area contributed by atoms with Crippen LogP contribution in [0.1, 0.15) is 0 Å². The van der Waals surface area contributed by atoms with Gasteiger partial charge in [-0.05, 0) is 48.5 Å². The number of anilines is 3. The van der Waals surface area contributed by atoms with Gasteiger partial charge in [-0.1, -0.05) is 30.3 Å². The Morgan fingerprint density at radius 1 is 0.800 bits per heavy atom. The van der Waals surface area contributed by atoms with Crippen LogP contribution >= 0.6 is 0 Å². The molecule has 0 saturated heterocycles. The van der Waals surface area contributed by atoms with Gasteiger partial charge < -0.3 is 16.0 Å². The van der Waals surface area contributed by atoms with Crippen LogP contribution in [0.4, 0.5) is 35.4 Å². The highest BCUT2D eigenvalue weighted by Crippen LogP contribution is 2.18. The van der Waals surface area contributed by atoms with Crippen molar-refractivity contribution in [2.24, 2.45) is 0 Å². The summed E-state index contributed by atoms with van der Waals surface area (Å²) in [6, 6.07) is 18.9. The molecule has 6 nitrogen and oxygen atoms in total. The van der Waals surface area contributed by atoms with E-state index in [0.717, 1.165) is 0 Å². The maximum absolute atomic E-state index is 13.9. The Hall–Kier alpha value is -3.94. The van der Waals surface area contributed by atoms with Crippen LogP contribution < -0.4 is 20.9 Å². The largest absolute Gasteiger partial charge is 0.336 e. The van der Waals surface area contributed by atoms with Crippen LogP contribution in [0.5, 0.6) is 0 Å². The lowest BCUT2D eigenvalue weighted by Crippen LogP contribution is -2.42. The zero-order chi connectivity index (χ0) is 21.3. The van der Waals surface area contributed by atoms with Crippen molar-refractivity contribution < 1.29 is 18.4 Å². The number of carbonyl (C=O) groups is 2.